The van der Waals surface area contributed by atoms with Crippen LogP contribution < -0.4 is 20.1 Å². The number of phenols is 2. The standard InChI is InChI=1S/C18H17Br2NO5.C18H17Cl2NO5/c2*1-9(2)12-7-11(3-4-15(12)22)26-17-13(19)5-10(6-14(17)20)18(25)21-8-16(23)24/h2*3-7,9,22H,8H2,1-2H3,(H,21,25)(H,23,24). The molecule has 12 nitrogen and oxygen atoms in total. The van der Waals surface area contributed by atoms with E-state index in [1.807, 2.05) is 27.7 Å². The smallest absolute Gasteiger partial charge is 0.322 e. The van der Waals surface area contributed by atoms with Crippen molar-refractivity contribution in [1.29, 1.82) is 0 Å². The first-order valence-electron chi connectivity index (χ1n) is 15.4. The zero-order chi connectivity index (χ0) is 38.9. The predicted octanol–water partition coefficient (Wildman–Crippen LogP) is 9.08. The van der Waals surface area contributed by atoms with Gasteiger partial charge in [-0.1, -0.05) is 50.9 Å². The number of halogens is 4. The van der Waals surface area contributed by atoms with E-state index < -0.39 is 36.8 Å². The Morgan fingerprint density at radius 2 is 1.00 bits per heavy atom. The first kappa shape index (κ1) is 41.9. The van der Waals surface area contributed by atoms with Crippen LogP contribution in [0.15, 0.2) is 69.6 Å². The maximum atomic E-state index is 12.0. The van der Waals surface area contributed by atoms with Crippen molar-refractivity contribution >= 4 is 78.8 Å². The molecule has 4 aromatic carbocycles. The quantitative estimate of drug-likeness (QED) is 0.0800. The third-order valence-corrected chi connectivity index (χ3v) is 8.74. The second kappa shape index (κ2) is 18.8. The van der Waals surface area contributed by atoms with Crippen molar-refractivity contribution < 1.29 is 49.1 Å². The highest BCUT2D eigenvalue weighted by molar-refractivity contribution is 9.11. The van der Waals surface area contributed by atoms with Gasteiger partial charge in [0.1, 0.15) is 36.1 Å². The molecule has 0 radical (unpaired) electrons. The van der Waals surface area contributed by atoms with Gasteiger partial charge < -0.3 is 40.5 Å². The predicted molar refractivity (Wildman–Crippen MR) is 203 cm³/mol. The van der Waals surface area contributed by atoms with Crippen molar-refractivity contribution in [2.75, 3.05) is 13.1 Å². The molecule has 2 amide bonds. The van der Waals surface area contributed by atoms with Gasteiger partial charge in [0.15, 0.2) is 11.5 Å². The van der Waals surface area contributed by atoms with Gasteiger partial charge in [-0.15, -0.1) is 0 Å². The van der Waals surface area contributed by atoms with Gasteiger partial charge in [-0.3, -0.25) is 19.2 Å². The average molecular weight is 885 g/mol. The third kappa shape index (κ3) is 11.8. The second-order valence-corrected chi connectivity index (χ2v) is 14.2. The van der Waals surface area contributed by atoms with E-state index in [9.17, 15) is 29.4 Å². The summed E-state index contributed by atoms with van der Waals surface area (Å²) in [5.74, 6) is -1.24. The molecule has 0 heterocycles. The monoisotopic (exact) mass is 882 g/mol. The molecule has 0 saturated carbocycles. The lowest BCUT2D eigenvalue weighted by molar-refractivity contribution is -0.136. The Labute approximate surface area is 325 Å². The Bertz CT molecular complexity index is 1800. The molecule has 6 N–H and O–H groups in total. The Balaban J connectivity index is 0.000000280. The number of nitrogens with one attached hydrogen (secondary N) is 2. The third-order valence-electron chi connectivity index (χ3n) is 7.00. The number of hydrogen-bond donors (Lipinski definition) is 6. The summed E-state index contributed by atoms with van der Waals surface area (Å²) in [5.41, 5.74) is 1.87. The lowest BCUT2D eigenvalue weighted by atomic mass is 10.0. The van der Waals surface area contributed by atoms with Gasteiger partial charge in [-0.2, -0.15) is 0 Å². The normalized spacial score (nSPS) is 10.7. The zero-order valence-corrected chi connectivity index (χ0v) is 32.8. The Kier molecular flexibility index (Phi) is 15.2. The summed E-state index contributed by atoms with van der Waals surface area (Å²) in [5, 5.41) is 41.7. The summed E-state index contributed by atoms with van der Waals surface area (Å²) in [7, 11) is 0. The molecule has 0 fully saturated rings. The van der Waals surface area contributed by atoms with E-state index in [2.05, 4.69) is 42.5 Å². The van der Waals surface area contributed by atoms with Crippen LogP contribution in [0.5, 0.6) is 34.5 Å². The lowest BCUT2D eigenvalue weighted by Crippen LogP contribution is -2.29. The van der Waals surface area contributed by atoms with Crippen molar-refractivity contribution in [3.05, 3.63) is 102 Å². The molecule has 4 aromatic rings. The minimum Gasteiger partial charge on any atom is -0.508 e. The summed E-state index contributed by atoms with van der Waals surface area (Å²) >= 11 is 19.1. The van der Waals surface area contributed by atoms with Crippen LogP contribution in [0.4, 0.5) is 0 Å². The minimum absolute atomic E-state index is 0.0878. The van der Waals surface area contributed by atoms with Crippen molar-refractivity contribution in [2.24, 2.45) is 0 Å². The lowest BCUT2D eigenvalue weighted by Gasteiger charge is -2.14. The van der Waals surface area contributed by atoms with Crippen molar-refractivity contribution in [2.45, 2.75) is 39.5 Å². The minimum atomic E-state index is -1.16. The highest BCUT2D eigenvalue weighted by Gasteiger charge is 2.18. The van der Waals surface area contributed by atoms with E-state index in [4.69, 9.17) is 42.9 Å². The summed E-state index contributed by atoms with van der Waals surface area (Å²) < 4.78 is 12.6. The van der Waals surface area contributed by atoms with Crippen LogP contribution in [-0.2, 0) is 9.59 Å². The number of ether oxygens (including phenoxy) is 2. The molecule has 0 aliphatic heterocycles. The molecular weight excluding hydrogens is 851 g/mol. The van der Waals surface area contributed by atoms with Crippen LogP contribution in [0, 0.1) is 0 Å². The van der Waals surface area contributed by atoms with Crippen molar-refractivity contribution in [1.82, 2.24) is 10.6 Å². The fraction of sp³-hybridized carbons (Fsp3) is 0.222. The molecule has 0 aliphatic carbocycles. The van der Waals surface area contributed by atoms with Gasteiger partial charge in [0, 0.05) is 22.3 Å². The van der Waals surface area contributed by atoms with Crippen molar-refractivity contribution in [3.63, 3.8) is 0 Å². The van der Waals surface area contributed by atoms with E-state index >= 15 is 0 Å². The number of aliphatic carboxylic acids is 2. The average Bonchev–Trinajstić information content (AvgIpc) is 3.06. The number of hydrogen-bond acceptors (Lipinski definition) is 8. The topological polar surface area (TPSA) is 192 Å². The maximum absolute atomic E-state index is 12.0. The number of carboxylic acids is 2. The fourth-order valence-corrected chi connectivity index (χ4v) is 6.36. The van der Waals surface area contributed by atoms with Crippen LogP contribution in [0.25, 0.3) is 0 Å². The van der Waals surface area contributed by atoms with Crippen LogP contribution in [0.3, 0.4) is 0 Å². The highest BCUT2D eigenvalue weighted by atomic mass is 79.9. The molecule has 4 rings (SSSR count). The van der Waals surface area contributed by atoms with Gasteiger partial charge in [-0.25, -0.2) is 0 Å². The largest absolute Gasteiger partial charge is 0.508 e. The van der Waals surface area contributed by atoms with E-state index in [1.165, 1.54) is 18.2 Å². The Hall–Kier alpha value is -4.50. The first-order chi connectivity index (χ1) is 24.4. The maximum Gasteiger partial charge on any atom is 0.322 e. The highest BCUT2D eigenvalue weighted by Crippen LogP contribution is 2.41. The SMILES string of the molecule is CC(C)c1cc(Oc2c(Br)cc(C(=O)NCC(=O)O)cc2Br)ccc1O.CC(C)c1cc(Oc2c(Cl)cc(C(=O)NCC(=O)O)cc2Cl)ccc1O. The van der Waals surface area contributed by atoms with E-state index in [1.54, 1.807) is 42.5 Å². The Morgan fingerprint density at radius 1 is 0.635 bits per heavy atom. The number of aromatic hydroxyl groups is 2. The van der Waals surface area contributed by atoms with Crippen LogP contribution in [-0.4, -0.2) is 57.3 Å². The summed E-state index contributed by atoms with van der Waals surface area (Å²) in [6, 6.07) is 15.5. The number of carbonyl (C=O) groups is 4. The molecule has 0 spiro atoms. The number of benzene rings is 4. The molecule has 0 saturated heterocycles. The summed E-state index contributed by atoms with van der Waals surface area (Å²) in [4.78, 5) is 45.0. The van der Waals surface area contributed by atoms with Crippen LogP contribution in [0.1, 0.15) is 71.4 Å². The van der Waals surface area contributed by atoms with Crippen LogP contribution >= 0.6 is 55.1 Å². The molecule has 52 heavy (non-hydrogen) atoms. The molecule has 0 aliphatic rings. The van der Waals surface area contributed by atoms with Gasteiger partial charge in [0.25, 0.3) is 11.8 Å². The van der Waals surface area contributed by atoms with E-state index in [0.717, 1.165) is 5.56 Å². The number of carbonyl (C=O) groups excluding carboxylic acids is 2. The Morgan fingerprint density at radius 3 is 1.37 bits per heavy atom. The number of phenolic OH excluding ortho intramolecular Hbond substituents is 2. The van der Waals surface area contributed by atoms with Gasteiger partial charge in [0.2, 0.25) is 0 Å². The van der Waals surface area contributed by atoms with Gasteiger partial charge in [0.05, 0.1) is 19.0 Å². The van der Waals surface area contributed by atoms with Crippen LogP contribution in [0.2, 0.25) is 10.0 Å². The van der Waals surface area contributed by atoms with Gasteiger partial charge in [-0.05, 0) is 104 Å². The van der Waals surface area contributed by atoms with E-state index in [-0.39, 0.29) is 50.3 Å². The molecule has 276 valence electrons. The van der Waals surface area contributed by atoms with Gasteiger partial charge >= 0.3 is 11.9 Å². The summed E-state index contributed by atoms with van der Waals surface area (Å²) in [6.45, 7) is 6.83. The van der Waals surface area contributed by atoms with E-state index in [0.29, 0.717) is 31.8 Å². The number of amides is 2. The summed E-state index contributed by atoms with van der Waals surface area (Å²) in [6.07, 6.45) is 0. The molecule has 0 unspecified atom stereocenters. The molecular formula is C36H34Br2Cl2N2O10. The molecule has 0 atom stereocenters. The molecule has 16 heteroatoms. The zero-order valence-electron chi connectivity index (χ0n) is 28.1. The molecule has 0 bridgehead atoms. The second-order valence-electron chi connectivity index (χ2n) is 11.6. The first-order valence-corrected chi connectivity index (χ1v) is 17.7. The number of rotatable bonds is 12. The molecule has 0 aromatic heterocycles. The fourth-order valence-electron chi connectivity index (χ4n) is 4.45. The number of carboxylic acid groups (broad SMARTS) is 2. The van der Waals surface area contributed by atoms with Crippen molar-refractivity contribution in [3.8, 4) is 34.5 Å².